The molecule has 68 valence electrons. The summed E-state index contributed by atoms with van der Waals surface area (Å²) in [7, 11) is 0. The van der Waals surface area contributed by atoms with E-state index in [2.05, 4.69) is 24.8 Å². The van der Waals surface area contributed by atoms with Gasteiger partial charge in [-0.15, -0.1) is 0 Å². The van der Waals surface area contributed by atoms with Crippen LogP contribution in [0.25, 0.3) is 0 Å². The van der Waals surface area contributed by atoms with Crippen LogP contribution in [0.15, 0.2) is 0 Å². The third-order valence-electron chi connectivity index (χ3n) is 2.66. The molecule has 1 aliphatic rings. The van der Waals surface area contributed by atoms with Crippen LogP contribution in [-0.2, 0) is 0 Å². The molecule has 3 nitrogen and oxygen atoms in total. The zero-order valence-electron chi connectivity index (χ0n) is 7.88. The van der Waals surface area contributed by atoms with E-state index in [1.165, 1.54) is 12.8 Å². The Kier molecular flexibility index (Phi) is 2.71. The Morgan fingerprint density at radius 2 is 2.33 bits per heavy atom. The second kappa shape index (κ2) is 3.42. The highest BCUT2D eigenvalue weighted by Gasteiger charge is 2.32. The summed E-state index contributed by atoms with van der Waals surface area (Å²) in [6, 6.07) is 1.73. The number of nitrogens with zero attached hydrogens (tertiary/aromatic N) is 2. The molecule has 12 heavy (non-hydrogen) atoms. The van der Waals surface area contributed by atoms with Crippen molar-refractivity contribution in [2.75, 3.05) is 13.1 Å². The lowest BCUT2D eigenvalue weighted by Crippen LogP contribution is -2.44. The van der Waals surface area contributed by atoms with Crippen molar-refractivity contribution >= 4 is 0 Å². The molecule has 0 radical (unpaired) electrons. The molecule has 1 saturated heterocycles. The standard InChI is InChI=1S/C9H17N3/c1-9(2)4-3-5-12(9)7-8(11)6-10/h8H,3-5,7,11H2,1-2H3. The summed E-state index contributed by atoms with van der Waals surface area (Å²) in [5.74, 6) is 0. The quantitative estimate of drug-likeness (QED) is 0.659. The van der Waals surface area contributed by atoms with Crippen molar-refractivity contribution in [2.24, 2.45) is 5.73 Å². The molecule has 0 bridgehead atoms. The van der Waals surface area contributed by atoms with Crippen LogP contribution < -0.4 is 5.73 Å². The molecule has 0 amide bonds. The number of nitrogens with two attached hydrogens (primary N) is 1. The molecular weight excluding hydrogens is 150 g/mol. The Labute approximate surface area is 74.1 Å². The fourth-order valence-corrected chi connectivity index (χ4v) is 1.78. The van der Waals surface area contributed by atoms with Crippen LogP contribution in [-0.4, -0.2) is 29.6 Å². The fourth-order valence-electron chi connectivity index (χ4n) is 1.78. The molecule has 1 aliphatic heterocycles. The second-order valence-electron chi connectivity index (χ2n) is 4.10. The van der Waals surface area contributed by atoms with Crippen LogP contribution in [0.4, 0.5) is 0 Å². The van der Waals surface area contributed by atoms with Crippen molar-refractivity contribution < 1.29 is 0 Å². The van der Waals surface area contributed by atoms with E-state index in [0.717, 1.165) is 6.54 Å². The Bertz CT molecular complexity index is 192. The highest BCUT2D eigenvalue weighted by Crippen LogP contribution is 2.27. The third kappa shape index (κ3) is 1.96. The van der Waals surface area contributed by atoms with Gasteiger partial charge in [0.1, 0.15) is 6.04 Å². The summed E-state index contributed by atoms with van der Waals surface area (Å²) in [6.07, 6.45) is 2.44. The van der Waals surface area contributed by atoms with E-state index in [4.69, 9.17) is 11.0 Å². The molecule has 2 N–H and O–H groups in total. The molecule has 1 rings (SSSR count). The summed E-state index contributed by atoms with van der Waals surface area (Å²) in [6.45, 7) is 6.22. The minimum Gasteiger partial charge on any atom is -0.315 e. The van der Waals surface area contributed by atoms with Gasteiger partial charge in [0.15, 0.2) is 0 Å². The molecule has 0 aromatic carbocycles. The number of hydrogen-bond acceptors (Lipinski definition) is 3. The van der Waals surface area contributed by atoms with Crippen molar-refractivity contribution in [2.45, 2.75) is 38.3 Å². The van der Waals surface area contributed by atoms with Gasteiger partial charge in [0.25, 0.3) is 0 Å². The van der Waals surface area contributed by atoms with Gasteiger partial charge in [-0.3, -0.25) is 4.90 Å². The average Bonchev–Trinajstić information content (AvgIpc) is 2.31. The zero-order chi connectivity index (χ0) is 9.19. The predicted molar refractivity (Wildman–Crippen MR) is 48.5 cm³/mol. The van der Waals surface area contributed by atoms with Crippen molar-refractivity contribution in [3.63, 3.8) is 0 Å². The minimum atomic E-state index is -0.331. The van der Waals surface area contributed by atoms with Crippen LogP contribution in [0.3, 0.4) is 0 Å². The van der Waals surface area contributed by atoms with Crippen molar-refractivity contribution in [1.82, 2.24) is 4.90 Å². The molecule has 1 atom stereocenters. The van der Waals surface area contributed by atoms with Gasteiger partial charge in [0, 0.05) is 12.1 Å². The summed E-state index contributed by atoms with van der Waals surface area (Å²) in [4.78, 5) is 2.31. The van der Waals surface area contributed by atoms with Crippen LogP contribution in [0.5, 0.6) is 0 Å². The summed E-state index contributed by atoms with van der Waals surface area (Å²) in [5, 5.41) is 8.56. The maximum absolute atomic E-state index is 8.56. The second-order valence-corrected chi connectivity index (χ2v) is 4.10. The van der Waals surface area contributed by atoms with Crippen LogP contribution in [0, 0.1) is 11.3 Å². The molecule has 3 heteroatoms. The Balaban J connectivity index is 2.48. The van der Waals surface area contributed by atoms with Crippen LogP contribution >= 0.6 is 0 Å². The first-order valence-corrected chi connectivity index (χ1v) is 4.46. The van der Waals surface area contributed by atoms with Gasteiger partial charge in [0.05, 0.1) is 6.07 Å². The molecule has 1 unspecified atom stereocenters. The van der Waals surface area contributed by atoms with E-state index < -0.39 is 0 Å². The van der Waals surface area contributed by atoms with Gasteiger partial charge in [-0.05, 0) is 33.2 Å². The average molecular weight is 167 g/mol. The van der Waals surface area contributed by atoms with E-state index in [0.29, 0.717) is 6.54 Å². The van der Waals surface area contributed by atoms with Gasteiger partial charge in [-0.25, -0.2) is 0 Å². The first-order valence-electron chi connectivity index (χ1n) is 4.46. The van der Waals surface area contributed by atoms with E-state index in [1.807, 2.05) is 0 Å². The topological polar surface area (TPSA) is 53.0 Å². The third-order valence-corrected chi connectivity index (χ3v) is 2.66. The van der Waals surface area contributed by atoms with Gasteiger partial charge >= 0.3 is 0 Å². The molecule has 0 aromatic rings. The Morgan fingerprint density at radius 1 is 1.67 bits per heavy atom. The van der Waals surface area contributed by atoms with Gasteiger partial charge < -0.3 is 5.73 Å². The number of rotatable bonds is 2. The summed E-state index contributed by atoms with van der Waals surface area (Å²) < 4.78 is 0. The van der Waals surface area contributed by atoms with Crippen LogP contribution in [0.1, 0.15) is 26.7 Å². The van der Waals surface area contributed by atoms with E-state index in [9.17, 15) is 0 Å². The van der Waals surface area contributed by atoms with Crippen molar-refractivity contribution in [1.29, 1.82) is 5.26 Å². The van der Waals surface area contributed by atoms with Gasteiger partial charge in [0.2, 0.25) is 0 Å². The largest absolute Gasteiger partial charge is 0.315 e. The molecule has 1 heterocycles. The van der Waals surface area contributed by atoms with E-state index in [1.54, 1.807) is 0 Å². The van der Waals surface area contributed by atoms with E-state index in [-0.39, 0.29) is 11.6 Å². The molecule has 0 aromatic heterocycles. The minimum absolute atomic E-state index is 0.245. The predicted octanol–water partition coefficient (Wildman–Crippen LogP) is 0.712. The first kappa shape index (κ1) is 9.50. The monoisotopic (exact) mass is 167 g/mol. The zero-order valence-corrected chi connectivity index (χ0v) is 7.88. The highest BCUT2D eigenvalue weighted by molar-refractivity contribution is 4.95. The van der Waals surface area contributed by atoms with Gasteiger partial charge in [-0.1, -0.05) is 0 Å². The lowest BCUT2D eigenvalue weighted by atomic mass is 10.0. The normalized spacial score (nSPS) is 25.2. The summed E-state index contributed by atoms with van der Waals surface area (Å²) in [5.41, 5.74) is 5.82. The fraction of sp³-hybridized carbons (Fsp3) is 0.889. The van der Waals surface area contributed by atoms with Crippen molar-refractivity contribution in [3.8, 4) is 6.07 Å². The first-order chi connectivity index (χ1) is 5.56. The number of likely N-dealkylation sites (tertiary alicyclic amines) is 1. The number of hydrogen-bond donors (Lipinski definition) is 1. The Hall–Kier alpha value is -0.590. The SMILES string of the molecule is CC1(C)CCCN1CC(N)C#N. The lowest BCUT2D eigenvalue weighted by Gasteiger charge is -2.31. The maximum atomic E-state index is 8.56. The van der Waals surface area contributed by atoms with Gasteiger partial charge in [-0.2, -0.15) is 5.26 Å². The van der Waals surface area contributed by atoms with Crippen LogP contribution in [0.2, 0.25) is 0 Å². The Morgan fingerprint density at radius 3 is 2.75 bits per heavy atom. The van der Waals surface area contributed by atoms with E-state index >= 15 is 0 Å². The number of nitriles is 1. The molecular formula is C9H17N3. The summed E-state index contributed by atoms with van der Waals surface area (Å²) >= 11 is 0. The molecule has 0 aliphatic carbocycles. The highest BCUT2D eigenvalue weighted by atomic mass is 15.2. The molecule has 0 spiro atoms. The smallest absolute Gasteiger partial charge is 0.106 e. The molecule has 0 saturated carbocycles. The van der Waals surface area contributed by atoms with Crippen molar-refractivity contribution in [3.05, 3.63) is 0 Å². The maximum Gasteiger partial charge on any atom is 0.106 e. The lowest BCUT2D eigenvalue weighted by molar-refractivity contribution is 0.172. The molecule has 1 fully saturated rings.